The number of rotatable bonds is 5. The zero-order valence-corrected chi connectivity index (χ0v) is 11.4. The summed E-state index contributed by atoms with van der Waals surface area (Å²) in [5.74, 6) is 1.82. The minimum absolute atomic E-state index is 0.0781. The Bertz CT molecular complexity index is 620. The Morgan fingerprint density at radius 1 is 1.37 bits per heavy atom. The molecule has 0 spiro atoms. The van der Waals surface area contributed by atoms with E-state index in [0.29, 0.717) is 11.3 Å². The molecule has 2 N–H and O–H groups in total. The molecule has 0 amide bonds. The molecule has 19 heavy (non-hydrogen) atoms. The summed E-state index contributed by atoms with van der Waals surface area (Å²) in [4.78, 5) is 11.5. The third-order valence-corrected chi connectivity index (χ3v) is 4.11. The number of hydrogen-bond acceptors (Lipinski definition) is 5. The van der Waals surface area contributed by atoms with Crippen LogP contribution in [0.2, 0.25) is 0 Å². The van der Waals surface area contributed by atoms with Gasteiger partial charge in [-0.1, -0.05) is 6.92 Å². The van der Waals surface area contributed by atoms with Gasteiger partial charge >= 0.3 is 5.63 Å². The van der Waals surface area contributed by atoms with E-state index >= 15 is 0 Å². The molecule has 2 aromatic rings. The number of benzene rings is 1. The van der Waals surface area contributed by atoms with Gasteiger partial charge in [0.25, 0.3) is 0 Å². The van der Waals surface area contributed by atoms with Crippen LogP contribution in [0.1, 0.15) is 12.5 Å². The maximum atomic E-state index is 11.5. The summed E-state index contributed by atoms with van der Waals surface area (Å²) in [5.41, 5.74) is 0.878. The summed E-state index contributed by atoms with van der Waals surface area (Å²) in [6.45, 7) is 2.14. The van der Waals surface area contributed by atoms with Crippen LogP contribution in [0.4, 0.5) is 0 Å². The van der Waals surface area contributed by atoms with Gasteiger partial charge in [0, 0.05) is 29.9 Å². The quantitative estimate of drug-likeness (QED) is 0.823. The third kappa shape index (κ3) is 3.52. The predicted octanol–water partition coefficient (Wildman–Crippen LogP) is 2.36. The molecule has 2 rings (SSSR count). The van der Waals surface area contributed by atoms with Crippen molar-refractivity contribution in [1.82, 2.24) is 0 Å². The Balaban J connectivity index is 2.24. The second kappa shape index (κ2) is 6.12. The van der Waals surface area contributed by atoms with Crippen LogP contribution in [-0.4, -0.2) is 22.6 Å². The zero-order chi connectivity index (χ0) is 13.8. The lowest BCUT2D eigenvalue weighted by Gasteiger charge is -2.08. The molecule has 4 nitrogen and oxygen atoms in total. The van der Waals surface area contributed by atoms with Gasteiger partial charge in [0.05, 0.1) is 0 Å². The topological polar surface area (TPSA) is 70.7 Å². The van der Waals surface area contributed by atoms with Gasteiger partial charge in [0.1, 0.15) is 11.3 Å². The summed E-state index contributed by atoms with van der Waals surface area (Å²) >= 11 is 1.66. The van der Waals surface area contributed by atoms with Gasteiger partial charge in [-0.3, -0.25) is 0 Å². The fraction of sp³-hybridized carbons (Fsp3) is 0.357. The molecular weight excluding hydrogens is 264 g/mol. The molecule has 0 radical (unpaired) electrons. The van der Waals surface area contributed by atoms with Crippen molar-refractivity contribution in [3.05, 3.63) is 40.2 Å². The Morgan fingerprint density at radius 3 is 2.89 bits per heavy atom. The van der Waals surface area contributed by atoms with E-state index in [2.05, 4.69) is 0 Å². The van der Waals surface area contributed by atoms with Gasteiger partial charge in [0.2, 0.25) is 0 Å². The van der Waals surface area contributed by atoms with Crippen molar-refractivity contribution in [3.63, 3.8) is 0 Å². The first-order valence-electron chi connectivity index (χ1n) is 6.04. The summed E-state index contributed by atoms with van der Waals surface area (Å²) in [6.07, 6.45) is 0. The maximum absolute atomic E-state index is 11.5. The van der Waals surface area contributed by atoms with Crippen LogP contribution < -0.4 is 5.63 Å². The molecule has 0 aliphatic rings. The van der Waals surface area contributed by atoms with Gasteiger partial charge in [-0.2, -0.15) is 11.8 Å². The van der Waals surface area contributed by atoms with Crippen LogP contribution in [0.15, 0.2) is 33.5 Å². The summed E-state index contributed by atoms with van der Waals surface area (Å²) in [5, 5.41) is 19.2. The number of aliphatic hydroxyl groups excluding tert-OH is 1. The number of phenols is 1. The second-order valence-electron chi connectivity index (χ2n) is 4.57. The van der Waals surface area contributed by atoms with Crippen molar-refractivity contribution in [2.75, 3.05) is 12.4 Å². The first-order valence-corrected chi connectivity index (χ1v) is 7.20. The highest BCUT2D eigenvalue weighted by Gasteiger charge is 2.07. The third-order valence-electron chi connectivity index (χ3n) is 2.79. The molecular formula is C14H16O4S. The minimum atomic E-state index is -0.413. The van der Waals surface area contributed by atoms with Gasteiger partial charge in [-0.15, -0.1) is 0 Å². The number of thioether (sulfide) groups is 1. The van der Waals surface area contributed by atoms with E-state index in [1.165, 1.54) is 12.1 Å². The lowest BCUT2D eigenvalue weighted by Crippen LogP contribution is -2.04. The molecule has 1 aromatic carbocycles. The minimum Gasteiger partial charge on any atom is -0.508 e. The molecule has 102 valence electrons. The maximum Gasteiger partial charge on any atom is 0.336 e. The largest absolute Gasteiger partial charge is 0.508 e. The van der Waals surface area contributed by atoms with E-state index in [-0.39, 0.29) is 18.3 Å². The molecule has 0 fully saturated rings. The van der Waals surface area contributed by atoms with Crippen LogP contribution in [0.3, 0.4) is 0 Å². The lowest BCUT2D eigenvalue weighted by atomic mass is 10.1. The molecule has 0 aliphatic heterocycles. The number of phenolic OH excluding ortho intramolecular Hbond substituents is 1. The van der Waals surface area contributed by atoms with E-state index in [1.807, 2.05) is 6.92 Å². The van der Waals surface area contributed by atoms with Crippen molar-refractivity contribution in [2.45, 2.75) is 12.7 Å². The molecule has 1 aromatic heterocycles. The fourth-order valence-corrected chi connectivity index (χ4v) is 2.85. The molecule has 1 atom stereocenters. The van der Waals surface area contributed by atoms with Crippen molar-refractivity contribution in [3.8, 4) is 5.75 Å². The number of aromatic hydroxyl groups is 1. The van der Waals surface area contributed by atoms with Crippen molar-refractivity contribution in [1.29, 1.82) is 0 Å². The van der Waals surface area contributed by atoms with Gasteiger partial charge in [0.15, 0.2) is 0 Å². The first kappa shape index (κ1) is 14.0. The summed E-state index contributed by atoms with van der Waals surface area (Å²) < 4.78 is 5.07. The van der Waals surface area contributed by atoms with Crippen molar-refractivity contribution < 1.29 is 14.6 Å². The highest BCUT2D eigenvalue weighted by Crippen LogP contribution is 2.25. The molecule has 0 saturated carbocycles. The normalized spacial score (nSPS) is 12.7. The first-order chi connectivity index (χ1) is 9.10. The average molecular weight is 280 g/mol. The monoisotopic (exact) mass is 280 g/mol. The van der Waals surface area contributed by atoms with Crippen LogP contribution in [0, 0.1) is 5.92 Å². The number of aliphatic hydroxyl groups is 1. The highest BCUT2D eigenvalue weighted by atomic mass is 32.2. The molecule has 1 unspecified atom stereocenters. The van der Waals surface area contributed by atoms with Crippen LogP contribution in [-0.2, 0) is 5.75 Å². The summed E-state index contributed by atoms with van der Waals surface area (Å²) in [6, 6.07) is 6.25. The van der Waals surface area contributed by atoms with E-state index in [4.69, 9.17) is 9.52 Å². The predicted molar refractivity (Wildman–Crippen MR) is 76.6 cm³/mol. The highest BCUT2D eigenvalue weighted by molar-refractivity contribution is 7.98. The van der Waals surface area contributed by atoms with E-state index < -0.39 is 5.63 Å². The Hall–Kier alpha value is -1.46. The molecule has 0 saturated heterocycles. The number of fused-ring (bicyclic) bond motifs is 1. The van der Waals surface area contributed by atoms with Crippen molar-refractivity contribution in [2.24, 2.45) is 5.92 Å². The fourth-order valence-electron chi connectivity index (χ4n) is 1.76. The molecule has 5 heteroatoms. The lowest BCUT2D eigenvalue weighted by molar-refractivity contribution is 0.250. The second-order valence-corrected chi connectivity index (χ2v) is 5.60. The van der Waals surface area contributed by atoms with E-state index in [0.717, 1.165) is 16.7 Å². The summed E-state index contributed by atoms with van der Waals surface area (Å²) in [7, 11) is 0. The van der Waals surface area contributed by atoms with Gasteiger partial charge < -0.3 is 14.6 Å². The van der Waals surface area contributed by atoms with E-state index in [1.54, 1.807) is 23.9 Å². The Kier molecular flexibility index (Phi) is 4.50. The zero-order valence-electron chi connectivity index (χ0n) is 10.6. The van der Waals surface area contributed by atoms with Gasteiger partial charge in [-0.25, -0.2) is 4.79 Å². The number of hydrogen-bond donors (Lipinski definition) is 2. The molecule has 0 bridgehead atoms. The smallest absolute Gasteiger partial charge is 0.336 e. The Morgan fingerprint density at radius 2 is 2.16 bits per heavy atom. The average Bonchev–Trinajstić information content (AvgIpc) is 2.37. The van der Waals surface area contributed by atoms with Crippen LogP contribution >= 0.6 is 11.8 Å². The van der Waals surface area contributed by atoms with Crippen LogP contribution in [0.25, 0.3) is 11.0 Å². The SMILES string of the molecule is CC(CO)CSCc1cc(=O)oc2cc(O)ccc12. The molecule has 1 heterocycles. The molecule has 0 aliphatic carbocycles. The Labute approximate surface area is 115 Å². The van der Waals surface area contributed by atoms with E-state index in [9.17, 15) is 9.90 Å². The standard InChI is InChI=1S/C14H16O4S/c1-9(6-15)7-19-8-10-4-14(17)18-13-5-11(16)2-3-12(10)13/h2-5,9,15-16H,6-8H2,1H3. The van der Waals surface area contributed by atoms with Gasteiger partial charge in [-0.05, 0) is 29.4 Å². The van der Waals surface area contributed by atoms with Crippen molar-refractivity contribution >= 4 is 22.7 Å². The van der Waals surface area contributed by atoms with Crippen LogP contribution in [0.5, 0.6) is 5.75 Å².